The standard InChI is InChI=1S/C20H22N6O5/c1-11-23-18-14(29-2)7-12(8-15(18)31-11)24-19(27)13-9-22-17(10-21-13)26-6-4-5-16(26)25-20(28)30-3/h7-10,16H,4-6H2,1-3H3,(H,24,27)(H,25,28). The largest absolute Gasteiger partial charge is 0.494 e. The van der Waals surface area contributed by atoms with Gasteiger partial charge in [0.15, 0.2) is 22.7 Å². The molecule has 3 heterocycles. The van der Waals surface area contributed by atoms with Crippen LogP contribution < -0.4 is 20.3 Å². The Hall–Kier alpha value is -3.89. The summed E-state index contributed by atoms with van der Waals surface area (Å²) in [6.45, 7) is 2.45. The minimum absolute atomic E-state index is 0.147. The first-order valence-electron chi connectivity index (χ1n) is 9.68. The van der Waals surface area contributed by atoms with Crippen molar-refractivity contribution in [3.8, 4) is 5.75 Å². The average molecular weight is 426 g/mol. The number of hydrogen-bond donors (Lipinski definition) is 2. The molecule has 1 unspecified atom stereocenters. The van der Waals surface area contributed by atoms with Gasteiger partial charge in [0.2, 0.25) is 0 Å². The van der Waals surface area contributed by atoms with Crippen molar-refractivity contribution in [3.05, 3.63) is 36.1 Å². The maximum absolute atomic E-state index is 12.6. The van der Waals surface area contributed by atoms with Crippen molar-refractivity contribution < 1.29 is 23.5 Å². The molecule has 162 valence electrons. The van der Waals surface area contributed by atoms with Crippen LogP contribution in [0, 0.1) is 6.92 Å². The minimum Gasteiger partial charge on any atom is -0.494 e. The highest BCUT2D eigenvalue weighted by Gasteiger charge is 2.27. The zero-order valence-corrected chi connectivity index (χ0v) is 17.3. The first kappa shape index (κ1) is 20.4. The SMILES string of the molecule is COC(=O)NC1CCCN1c1cnc(C(=O)Nc2cc(OC)c3nc(C)oc3c2)cn1. The van der Waals surface area contributed by atoms with Crippen LogP contribution in [-0.4, -0.2) is 53.9 Å². The van der Waals surface area contributed by atoms with Gasteiger partial charge in [0.1, 0.15) is 17.7 Å². The fourth-order valence-electron chi connectivity index (χ4n) is 3.51. The highest BCUT2D eigenvalue weighted by atomic mass is 16.5. The van der Waals surface area contributed by atoms with Gasteiger partial charge in [-0.25, -0.2) is 19.7 Å². The predicted octanol–water partition coefficient (Wildman–Crippen LogP) is 2.47. The summed E-state index contributed by atoms with van der Waals surface area (Å²) in [5.74, 6) is 1.13. The summed E-state index contributed by atoms with van der Waals surface area (Å²) < 4.78 is 15.5. The van der Waals surface area contributed by atoms with E-state index in [1.54, 1.807) is 19.1 Å². The molecule has 1 fully saturated rings. The Balaban J connectivity index is 1.49. The van der Waals surface area contributed by atoms with Gasteiger partial charge in [0, 0.05) is 31.3 Å². The van der Waals surface area contributed by atoms with E-state index in [2.05, 4.69) is 30.3 Å². The third kappa shape index (κ3) is 4.20. The molecule has 1 aliphatic rings. The second-order valence-electron chi connectivity index (χ2n) is 6.96. The number of methoxy groups -OCH3 is 2. The molecule has 1 atom stereocenters. The van der Waals surface area contributed by atoms with Crippen molar-refractivity contribution in [2.24, 2.45) is 0 Å². The number of hydrogen-bond acceptors (Lipinski definition) is 9. The fraction of sp³-hybridized carbons (Fsp3) is 0.350. The zero-order chi connectivity index (χ0) is 22.0. The van der Waals surface area contributed by atoms with Crippen LogP contribution in [0.3, 0.4) is 0 Å². The highest BCUT2D eigenvalue weighted by molar-refractivity contribution is 6.03. The molecule has 0 saturated carbocycles. The van der Waals surface area contributed by atoms with E-state index in [0.29, 0.717) is 40.8 Å². The van der Waals surface area contributed by atoms with Gasteiger partial charge in [-0.05, 0) is 12.8 Å². The third-order valence-electron chi connectivity index (χ3n) is 4.93. The molecule has 3 aromatic rings. The summed E-state index contributed by atoms with van der Waals surface area (Å²) in [7, 11) is 2.84. The lowest BCUT2D eigenvalue weighted by atomic mass is 10.2. The molecule has 1 aliphatic heterocycles. The molecule has 4 rings (SSSR count). The van der Waals surface area contributed by atoms with E-state index < -0.39 is 12.0 Å². The first-order chi connectivity index (χ1) is 15.0. The van der Waals surface area contributed by atoms with Gasteiger partial charge >= 0.3 is 6.09 Å². The van der Waals surface area contributed by atoms with Crippen LogP contribution in [0.15, 0.2) is 28.9 Å². The maximum atomic E-state index is 12.6. The summed E-state index contributed by atoms with van der Waals surface area (Å²) in [6, 6.07) is 3.34. The second-order valence-corrected chi connectivity index (χ2v) is 6.96. The number of amides is 2. The maximum Gasteiger partial charge on any atom is 0.408 e. The van der Waals surface area contributed by atoms with Crippen molar-refractivity contribution in [1.82, 2.24) is 20.3 Å². The third-order valence-corrected chi connectivity index (χ3v) is 4.93. The number of nitrogens with zero attached hydrogens (tertiary/aromatic N) is 4. The van der Waals surface area contributed by atoms with Crippen LogP contribution >= 0.6 is 0 Å². The molecular weight excluding hydrogens is 404 g/mol. The Kier molecular flexibility index (Phi) is 5.56. The number of anilines is 2. The molecule has 0 spiro atoms. The molecule has 1 saturated heterocycles. The van der Waals surface area contributed by atoms with E-state index in [4.69, 9.17) is 9.15 Å². The van der Waals surface area contributed by atoms with Crippen LogP contribution in [0.5, 0.6) is 5.75 Å². The van der Waals surface area contributed by atoms with Gasteiger partial charge in [-0.1, -0.05) is 0 Å². The lowest BCUT2D eigenvalue weighted by Crippen LogP contribution is -2.44. The monoisotopic (exact) mass is 426 g/mol. The molecular formula is C20H22N6O5. The van der Waals surface area contributed by atoms with Crippen LogP contribution in [-0.2, 0) is 4.74 Å². The van der Waals surface area contributed by atoms with E-state index in [9.17, 15) is 9.59 Å². The van der Waals surface area contributed by atoms with Gasteiger partial charge < -0.3 is 29.4 Å². The Morgan fingerprint density at radius 1 is 1.23 bits per heavy atom. The summed E-state index contributed by atoms with van der Waals surface area (Å²) in [5, 5.41) is 5.54. The van der Waals surface area contributed by atoms with E-state index in [0.717, 1.165) is 12.8 Å². The molecule has 0 bridgehead atoms. The number of rotatable bonds is 5. The average Bonchev–Trinajstić information content (AvgIpc) is 3.38. The summed E-state index contributed by atoms with van der Waals surface area (Å²) in [5.41, 5.74) is 1.72. The smallest absolute Gasteiger partial charge is 0.408 e. The minimum atomic E-state index is -0.504. The van der Waals surface area contributed by atoms with Gasteiger partial charge in [-0.2, -0.15) is 0 Å². The number of fused-ring (bicyclic) bond motifs is 1. The molecule has 2 N–H and O–H groups in total. The van der Waals surface area contributed by atoms with Gasteiger partial charge in [-0.3, -0.25) is 4.79 Å². The molecule has 2 amide bonds. The van der Waals surface area contributed by atoms with Gasteiger partial charge in [-0.15, -0.1) is 0 Å². The van der Waals surface area contributed by atoms with Crippen LogP contribution in [0.2, 0.25) is 0 Å². The van der Waals surface area contributed by atoms with Crippen molar-refractivity contribution in [2.75, 3.05) is 31.0 Å². The van der Waals surface area contributed by atoms with Crippen molar-refractivity contribution in [3.63, 3.8) is 0 Å². The molecule has 0 radical (unpaired) electrons. The molecule has 0 aliphatic carbocycles. The lowest BCUT2D eigenvalue weighted by molar-refractivity contribution is 0.102. The van der Waals surface area contributed by atoms with Crippen LogP contribution in [0.1, 0.15) is 29.2 Å². The number of aromatic nitrogens is 3. The molecule has 1 aromatic carbocycles. The van der Waals surface area contributed by atoms with Gasteiger partial charge in [0.25, 0.3) is 5.91 Å². The van der Waals surface area contributed by atoms with E-state index in [1.165, 1.54) is 26.6 Å². The Morgan fingerprint density at radius 2 is 2.06 bits per heavy atom. The number of alkyl carbamates (subject to hydrolysis) is 1. The number of benzene rings is 1. The number of oxazole rings is 1. The molecule has 11 nitrogen and oxygen atoms in total. The quantitative estimate of drug-likeness (QED) is 0.631. The van der Waals surface area contributed by atoms with Crippen molar-refractivity contribution >= 4 is 34.6 Å². The Bertz CT molecular complexity index is 1110. The lowest BCUT2D eigenvalue weighted by Gasteiger charge is -2.25. The van der Waals surface area contributed by atoms with Crippen molar-refractivity contribution in [1.29, 1.82) is 0 Å². The molecule has 2 aromatic heterocycles. The summed E-state index contributed by atoms with van der Waals surface area (Å²) in [6.07, 6.45) is 3.83. The zero-order valence-electron chi connectivity index (χ0n) is 17.3. The number of nitrogens with one attached hydrogen (secondary N) is 2. The molecule has 31 heavy (non-hydrogen) atoms. The van der Waals surface area contributed by atoms with Crippen LogP contribution in [0.25, 0.3) is 11.1 Å². The summed E-state index contributed by atoms with van der Waals surface area (Å²) in [4.78, 5) is 38.9. The topological polar surface area (TPSA) is 132 Å². The fourth-order valence-corrected chi connectivity index (χ4v) is 3.51. The van der Waals surface area contributed by atoms with Gasteiger partial charge in [0.05, 0.1) is 26.6 Å². The number of aryl methyl sites for hydroxylation is 1. The van der Waals surface area contributed by atoms with Crippen LogP contribution in [0.4, 0.5) is 16.3 Å². The summed E-state index contributed by atoms with van der Waals surface area (Å²) >= 11 is 0. The van der Waals surface area contributed by atoms with E-state index >= 15 is 0 Å². The number of carbonyl (C=O) groups is 2. The Labute approximate surface area is 177 Å². The number of carbonyl (C=O) groups excluding carboxylic acids is 2. The normalized spacial score (nSPS) is 15.7. The highest BCUT2D eigenvalue weighted by Crippen LogP contribution is 2.30. The number of ether oxygens (including phenoxy) is 2. The Morgan fingerprint density at radius 3 is 2.77 bits per heavy atom. The van der Waals surface area contributed by atoms with E-state index in [1.807, 2.05) is 4.90 Å². The first-order valence-corrected chi connectivity index (χ1v) is 9.68. The predicted molar refractivity (Wildman–Crippen MR) is 111 cm³/mol. The molecule has 11 heteroatoms. The van der Waals surface area contributed by atoms with E-state index in [-0.39, 0.29) is 11.9 Å². The second kappa shape index (κ2) is 8.46. The van der Waals surface area contributed by atoms with Crippen molar-refractivity contribution in [2.45, 2.75) is 25.9 Å².